The third-order valence-corrected chi connectivity index (χ3v) is 5.67. The number of anilines is 5. The van der Waals surface area contributed by atoms with Gasteiger partial charge in [-0.05, 0) is 30.3 Å². The molecule has 4 aromatic rings. The number of hydrogen-bond acceptors (Lipinski definition) is 9. The van der Waals surface area contributed by atoms with Crippen LogP contribution in [0.1, 0.15) is 10.4 Å². The van der Waals surface area contributed by atoms with Crippen LogP contribution in [0, 0.1) is 17.5 Å². The number of nitrogens with zero attached hydrogens (tertiary/aromatic N) is 4. The second-order valence-corrected chi connectivity index (χ2v) is 8.40. The zero-order chi connectivity index (χ0) is 27.4. The molecule has 39 heavy (non-hydrogen) atoms. The van der Waals surface area contributed by atoms with Crippen molar-refractivity contribution in [1.29, 1.82) is 0 Å². The standard InChI is InChI=1S/C26H22F3N7O3/c27-15-1-3-21(19(28)11-15)34-25(37)18-14-32-26(36-7-9-38-10-8-36)35-24(18)33-16-2-4-22(20(29)12-16)39-17-5-6-31-23(30)13-17/h1-6,11-14H,7-10H2,(H2,30,31)(H,34,37)(H,32,33,35). The maximum absolute atomic E-state index is 14.9. The van der Waals surface area contributed by atoms with Gasteiger partial charge in [-0.3, -0.25) is 4.79 Å². The van der Waals surface area contributed by atoms with E-state index in [1.807, 2.05) is 4.90 Å². The first kappa shape index (κ1) is 25.7. The van der Waals surface area contributed by atoms with E-state index in [0.29, 0.717) is 44.1 Å². The summed E-state index contributed by atoms with van der Waals surface area (Å²) in [4.78, 5) is 27.6. The molecule has 0 radical (unpaired) electrons. The number of ether oxygens (including phenoxy) is 2. The van der Waals surface area contributed by atoms with Crippen molar-refractivity contribution in [2.45, 2.75) is 0 Å². The number of carbonyl (C=O) groups excluding carboxylic acids is 1. The molecule has 1 aliphatic rings. The van der Waals surface area contributed by atoms with Crippen LogP contribution in [-0.4, -0.2) is 47.2 Å². The van der Waals surface area contributed by atoms with Gasteiger partial charge in [-0.2, -0.15) is 4.98 Å². The fourth-order valence-electron chi connectivity index (χ4n) is 3.75. The Kier molecular flexibility index (Phi) is 7.41. The molecule has 0 bridgehead atoms. The minimum atomic E-state index is -0.947. The van der Waals surface area contributed by atoms with Gasteiger partial charge in [0, 0.05) is 49.4 Å². The first-order chi connectivity index (χ1) is 18.9. The number of hydrogen-bond donors (Lipinski definition) is 3. The van der Waals surface area contributed by atoms with Gasteiger partial charge in [-0.25, -0.2) is 23.1 Å². The molecule has 0 unspecified atom stereocenters. The fraction of sp³-hybridized carbons (Fsp3) is 0.154. The highest BCUT2D eigenvalue weighted by Gasteiger charge is 2.21. The van der Waals surface area contributed by atoms with Crippen LogP contribution in [0.15, 0.2) is 60.9 Å². The topological polar surface area (TPSA) is 128 Å². The van der Waals surface area contributed by atoms with Crippen molar-refractivity contribution >= 4 is 34.9 Å². The van der Waals surface area contributed by atoms with Crippen LogP contribution < -0.4 is 26.0 Å². The third-order valence-electron chi connectivity index (χ3n) is 5.67. The van der Waals surface area contributed by atoms with Gasteiger partial charge < -0.3 is 30.7 Å². The number of nitrogen functional groups attached to an aromatic ring is 1. The number of halogens is 3. The number of pyridine rings is 1. The molecule has 4 N–H and O–H groups in total. The SMILES string of the molecule is Nc1cc(Oc2ccc(Nc3nc(N4CCOCC4)ncc3C(=O)Nc3ccc(F)cc3F)cc2F)ccn1. The van der Waals surface area contributed by atoms with Crippen molar-refractivity contribution in [2.75, 3.05) is 47.6 Å². The lowest BCUT2D eigenvalue weighted by atomic mass is 10.2. The van der Waals surface area contributed by atoms with Crippen LogP contribution in [0.3, 0.4) is 0 Å². The van der Waals surface area contributed by atoms with Gasteiger partial charge in [0.15, 0.2) is 11.6 Å². The Morgan fingerprint density at radius 2 is 1.82 bits per heavy atom. The molecule has 3 heterocycles. The second kappa shape index (κ2) is 11.2. The van der Waals surface area contributed by atoms with E-state index in [2.05, 4.69) is 25.6 Å². The van der Waals surface area contributed by atoms with Crippen molar-refractivity contribution in [2.24, 2.45) is 0 Å². The molecule has 1 fully saturated rings. The van der Waals surface area contributed by atoms with Crippen molar-refractivity contribution in [1.82, 2.24) is 15.0 Å². The van der Waals surface area contributed by atoms with Gasteiger partial charge in [0.25, 0.3) is 5.91 Å². The zero-order valence-corrected chi connectivity index (χ0v) is 20.3. The highest BCUT2D eigenvalue weighted by atomic mass is 19.1. The molecule has 0 spiro atoms. The molecule has 10 nitrogen and oxygen atoms in total. The first-order valence-electron chi connectivity index (χ1n) is 11.8. The lowest BCUT2D eigenvalue weighted by Gasteiger charge is -2.27. The monoisotopic (exact) mass is 537 g/mol. The predicted molar refractivity (Wildman–Crippen MR) is 138 cm³/mol. The quantitative estimate of drug-likeness (QED) is 0.312. The fourth-order valence-corrected chi connectivity index (χ4v) is 3.75. The summed E-state index contributed by atoms with van der Waals surface area (Å²) in [5, 5.41) is 5.32. The molecule has 2 aromatic carbocycles. The molecular formula is C26H22F3N7O3. The van der Waals surface area contributed by atoms with Crippen molar-refractivity contribution in [3.05, 3.63) is 83.9 Å². The molecule has 2 aromatic heterocycles. The molecule has 1 aliphatic heterocycles. The van der Waals surface area contributed by atoms with Crippen molar-refractivity contribution in [3.63, 3.8) is 0 Å². The lowest BCUT2D eigenvalue weighted by molar-refractivity contribution is 0.102. The average molecular weight is 538 g/mol. The largest absolute Gasteiger partial charge is 0.454 e. The van der Waals surface area contributed by atoms with Gasteiger partial charge in [-0.15, -0.1) is 0 Å². The maximum Gasteiger partial charge on any atom is 0.261 e. The van der Waals surface area contributed by atoms with Gasteiger partial charge in [0.2, 0.25) is 5.95 Å². The molecule has 0 aliphatic carbocycles. The van der Waals surface area contributed by atoms with E-state index < -0.39 is 23.4 Å². The summed E-state index contributed by atoms with van der Waals surface area (Å²) < 4.78 is 53.3. The number of benzene rings is 2. The Labute approximate surface area is 220 Å². The number of rotatable bonds is 7. The molecule has 0 saturated carbocycles. The Bertz CT molecular complexity index is 1520. The maximum atomic E-state index is 14.9. The summed E-state index contributed by atoms with van der Waals surface area (Å²) in [5.74, 6) is -2.36. The number of aromatic nitrogens is 3. The number of nitrogens with two attached hydrogens (primary N) is 1. The Morgan fingerprint density at radius 1 is 1.00 bits per heavy atom. The number of morpholine rings is 1. The van der Waals surface area contributed by atoms with Crippen LogP contribution >= 0.6 is 0 Å². The lowest BCUT2D eigenvalue weighted by Crippen LogP contribution is -2.37. The number of nitrogens with one attached hydrogen (secondary N) is 2. The summed E-state index contributed by atoms with van der Waals surface area (Å²) in [6, 6.07) is 9.84. The van der Waals surface area contributed by atoms with E-state index in [1.54, 1.807) is 0 Å². The molecule has 5 rings (SSSR count). The van der Waals surface area contributed by atoms with E-state index in [0.717, 1.165) is 18.2 Å². The Morgan fingerprint density at radius 3 is 2.56 bits per heavy atom. The molecule has 1 amide bonds. The van der Waals surface area contributed by atoms with Crippen molar-refractivity contribution < 1.29 is 27.4 Å². The van der Waals surface area contributed by atoms with Crippen LogP contribution in [-0.2, 0) is 4.74 Å². The summed E-state index contributed by atoms with van der Waals surface area (Å²) in [6.45, 7) is 2.03. The molecule has 13 heteroatoms. The number of carbonyl (C=O) groups is 1. The molecule has 1 saturated heterocycles. The molecular weight excluding hydrogens is 515 g/mol. The summed E-state index contributed by atoms with van der Waals surface area (Å²) in [5.41, 5.74) is 5.61. The zero-order valence-electron chi connectivity index (χ0n) is 20.3. The third kappa shape index (κ3) is 6.15. The normalized spacial score (nSPS) is 13.2. The van der Waals surface area contributed by atoms with E-state index >= 15 is 0 Å². The highest BCUT2D eigenvalue weighted by Crippen LogP contribution is 2.30. The van der Waals surface area contributed by atoms with Crippen LogP contribution in [0.4, 0.5) is 42.1 Å². The van der Waals surface area contributed by atoms with Crippen LogP contribution in [0.2, 0.25) is 0 Å². The summed E-state index contributed by atoms with van der Waals surface area (Å²) in [6.07, 6.45) is 2.71. The second-order valence-electron chi connectivity index (χ2n) is 8.40. The number of amides is 1. The van der Waals surface area contributed by atoms with Gasteiger partial charge in [-0.1, -0.05) is 0 Å². The van der Waals surface area contributed by atoms with Gasteiger partial charge >= 0.3 is 0 Å². The minimum absolute atomic E-state index is 0.0430. The Balaban J connectivity index is 1.43. The van der Waals surface area contributed by atoms with E-state index in [1.165, 1.54) is 36.7 Å². The molecule has 200 valence electrons. The summed E-state index contributed by atoms with van der Waals surface area (Å²) in [7, 11) is 0. The van der Waals surface area contributed by atoms with E-state index in [9.17, 15) is 18.0 Å². The van der Waals surface area contributed by atoms with Crippen molar-refractivity contribution in [3.8, 4) is 11.5 Å². The average Bonchev–Trinajstić information content (AvgIpc) is 2.92. The molecule has 0 atom stereocenters. The van der Waals surface area contributed by atoms with Crippen LogP contribution in [0.5, 0.6) is 11.5 Å². The van der Waals surface area contributed by atoms with Crippen LogP contribution in [0.25, 0.3) is 0 Å². The predicted octanol–water partition coefficient (Wildman–Crippen LogP) is 4.50. The Hall–Kier alpha value is -4.91. The van der Waals surface area contributed by atoms with Gasteiger partial charge in [0.1, 0.15) is 34.6 Å². The summed E-state index contributed by atoms with van der Waals surface area (Å²) >= 11 is 0. The minimum Gasteiger partial charge on any atom is -0.454 e. The first-order valence-corrected chi connectivity index (χ1v) is 11.8. The van der Waals surface area contributed by atoms with E-state index in [-0.39, 0.29) is 34.3 Å². The van der Waals surface area contributed by atoms with Gasteiger partial charge in [0.05, 0.1) is 18.9 Å². The smallest absolute Gasteiger partial charge is 0.261 e. The van der Waals surface area contributed by atoms with E-state index in [4.69, 9.17) is 15.2 Å². The highest BCUT2D eigenvalue weighted by molar-refractivity contribution is 6.07.